The first-order valence-electron chi connectivity index (χ1n) is 9.64. The lowest BCUT2D eigenvalue weighted by Crippen LogP contribution is -2.26. The SMILES string of the molecule is CCOSOc1ccc(-c2ccc(F)cc2)nc1-c1ccc(OCC(C)(F)F)n(C)c1=O. The summed E-state index contributed by atoms with van der Waals surface area (Å²) in [5, 5.41) is 0. The van der Waals surface area contributed by atoms with Crippen molar-refractivity contribution in [3.8, 4) is 34.1 Å². The van der Waals surface area contributed by atoms with E-state index in [0.29, 0.717) is 17.9 Å². The van der Waals surface area contributed by atoms with E-state index < -0.39 is 18.1 Å². The zero-order valence-electron chi connectivity index (χ0n) is 17.6. The van der Waals surface area contributed by atoms with Crippen LogP contribution in [0.4, 0.5) is 13.2 Å². The van der Waals surface area contributed by atoms with Gasteiger partial charge < -0.3 is 8.92 Å². The van der Waals surface area contributed by atoms with Gasteiger partial charge in [-0.2, -0.15) is 0 Å². The minimum Gasteiger partial charge on any atom is -0.472 e. The molecule has 3 aromatic rings. The van der Waals surface area contributed by atoms with Crippen LogP contribution in [0.25, 0.3) is 22.5 Å². The summed E-state index contributed by atoms with van der Waals surface area (Å²) in [4.78, 5) is 17.5. The van der Waals surface area contributed by atoms with Crippen molar-refractivity contribution in [2.45, 2.75) is 19.8 Å². The maximum atomic E-state index is 13.3. The Balaban J connectivity index is 2.05. The van der Waals surface area contributed by atoms with Crippen LogP contribution in [0.5, 0.6) is 11.6 Å². The first-order chi connectivity index (χ1) is 15.2. The van der Waals surface area contributed by atoms with E-state index in [2.05, 4.69) is 4.98 Å². The Bertz CT molecular complexity index is 1130. The van der Waals surface area contributed by atoms with Gasteiger partial charge in [0.1, 0.15) is 11.5 Å². The number of pyridine rings is 2. The molecule has 0 atom stereocenters. The zero-order chi connectivity index (χ0) is 23.3. The van der Waals surface area contributed by atoms with Gasteiger partial charge in [-0.15, -0.1) is 0 Å². The fourth-order valence-electron chi connectivity index (χ4n) is 2.74. The molecule has 6 nitrogen and oxygen atoms in total. The van der Waals surface area contributed by atoms with Gasteiger partial charge in [0.15, 0.2) is 18.2 Å². The first-order valence-corrected chi connectivity index (χ1v) is 10.3. The topological polar surface area (TPSA) is 62.6 Å². The number of halogens is 3. The Morgan fingerprint density at radius 1 is 1.09 bits per heavy atom. The summed E-state index contributed by atoms with van der Waals surface area (Å²) in [5.41, 5.74) is 0.989. The largest absolute Gasteiger partial charge is 0.472 e. The van der Waals surface area contributed by atoms with Crippen LogP contribution in [-0.4, -0.2) is 28.7 Å². The predicted octanol–water partition coefficient (Wildman–Crippen LogP) is 5.27. The molecule has 2 aromatic heterocycles. The summed E-state index contributed by atoms with van der Waals surface area (Å²) in [6.07, 6.45) is 0. The van der Waals surface area contributed by atoms with Crippen LogP contribution in [0.1, 0.15) is 13.8 Å². The quantitative estimate of drug-likeness (QED) is 0.316. The molecule has 0 N–H and O–H groups in total. The highest BCUT2D eigenvalue weighted by molar-refractivity contribution is 7.90. The second-order valence-corrected chi connectivity index (χ2v) is 7.45. The zero-order valence-corrected chi connectivity index (χ0v) is 18.4. The van der Waals surface area contributed by atoms with Crippen molar-refractivity contribution in [1.82, 2.24) is 9.55 Å². The maximum Gasteiger partial charge on any atom is 0.278 e. The van der Waals surface area contributed by atoms with Gasteiger partial charge in [0.05, 0.1) is 17.9 Å². The number of rotatable bonds is 9. The van der Waals surface area contributed by atoms with Crippen molar-refractivity contribution in [2.75, 3.05) is 13.2 Å². The molecule has 170 valence electrons. The minimum atomic E-state index is -3.04. The molecule has 0 aliphatic carbocycles. The van der Waals surface area contributed by atoms with E-state index in [0.717, 1.165) is 23.8 Å². The normalized spacial score (nSPS) is 11.4. The van der Waals surface area contributed by atoms with Crippen molar-refractivity contribution in [3.63, 3.8) is 0 Å². The molecule has 3 rings (SSSR count). The minimum absolute atomic E-state index is 0.0128. The number of benzene rings is 1. The molecular weight excluding hydrogens is 445 g/mol. The van der Waals surface area contributed by atoms with Gasteiger partial charge in [-0.1, -0.05) is 0 Å². The molecule has 0 saturated heterocycles. The standard InChI is InChI=1S/C22H21F3N2O4S/c1-4-30-32-31-18-11-10-17(14-5-7-15(23)8-6-14)26-20(18)16-9-12-19(27(3)21(16)28)29-13-22(2,24)25/h5-12H,4,13H2,1-3H3. The van der Waals surface area contributed by atoms with Crippen molar-refractivity contribution in [1.29, 1.82) is 0 Å². The Kier molecular flexibility index (Phi) is 7.47. The Morgan fingerprint density at radius 2 is 1.81 bits per heavy atom. The molecule has 0 bridgehead atoms. The molecule has 0 aliphatic heterocycles. The molecular formula is C22H21F3N2O4S. The molecule has 0 amide bonds. The summed E-state index contributed by atoms with van der Waals surface area (Å²) >= 11 is 0.736. The summed E-state index contributed by atoms with van der Waals surface area (Å²) in [5.74, 6) is -3.18. The predicted molar refractivity (Wildman–Crippen MR) is 116 cm³/mol. The average Bonchev–Trinajstić information content (AvgIpc) is 2.75. The molecule has 0 spiro atoms. The summed E-state index contributed by atoms with van der Waals surface area (Å²) < 4.78 is 56.5. The second kappa shape index (κ2) is 10.1. The average molecular weight is 466 g/mol. The number of aromatic nitrogens is 2. The van der Waals surface area contributed by atoms with Crippen molar-refractivity contribution in [3.05, 3.63) is 64.7 Å². The first kappa shape index (κ1) is 23.7. The molecule has 0 radical (unpaired) electrons. The van der Waals surface area contributed by atoms with Gasteiger partial charge in [0.25, 0.3) is 11.5 Å². The lowest BCUT2D eigenvalue weighted by atomic mass is 10.1. The van der Waals surface area contributed by atoms with Crippen LogP contribution in [0.2, 0.25) is 0 Å². The van der Waals surface area contributed by atoms with Gasteiger partial charge in [0.2, 0.25) is 12.3 Å². The van der Waals surface area contributed by atoms with Gasteiger partial charge in [0, 0.05) is 19.5 Å². The Hall–Kier alpha value is -2.98. The highest BCUT2D eigenvalue weighted by Gasteiger charge is 2.23. The number of nitrogens with zero attached hydrogens (tertiary/aromatic N) is 2. The smallest absolute Gasteiger partial charge is 0.278 e. The molecule has 1 aromatic carbocycles. The van der Waals surface area contributed by atoms with Crippen LogP contribution in [0.3, 0.4) is 0 Å². The fraction of sp³-hybridized carbons (Fsp3) is 0.273. The van der Waals surface area contributed by atoms with E-state index >= 15 is 0 Å². The van der Waals surface area contributed by atoms with E-state index in [9.17, 15) is 18.0 Å². The third kappa shape index (κ3) is 5.83. The van der Waals surface area contributed by atoms with Gasteiger partial charge in [-0.25, -0.2) is 18.2 Å². The van der Waals surface area contributed by atoms with Crippen LogP contribution in [0, 0.1) is 5.82 Å². The molecule has 32 heavy (non-hydrogen) atoms. The third-order valence-corrected chi connectivity index (χ3v) is 4.85. The van der Waals surface area contributed by atoms with Gasteiger partial charge in [-0.05, 0) is 55.5 Å². The van der Waals surface area contributed by atoms with E-state index in [1.54, 1.807) is 31.2 Å². The third-order valence-electron chi connectivity index (χ3n) is 4.27. The molecule has 0 fully saturated rings. The van der Waals surface area contributed by atoms with E-state index in [1.165, 1.54) is 31.3 Å². The summed E-state index contributed by atoms with van der Waals surface area (Å²) in [7, 11) is 1.41. The van der Waals surface area contributed by atoms with Crippen molar-refractivity contribution >= 4 is 12.3 Å². The molecule has 10 heteroatoms. The molecule has 0 unspecified atom stereocenters. The van der Waals surface area contributed by atoms with E-state index in [-0.39, 0.29) is 28.7 Å². The second-order valence-electron chi connectivity index (χ2n) is 6.92. The van der Waals surface area contributed by atoms with Crippen LogP contribution in [-0.2, 0) is 11.2 Å². The number of alkyl halides is 2. The molecule has 2 heterocycles. The highest BCUT2D eigenvalue weighted by atomic mass is 32.2. The Labute approximate surface area is 187 Å². The monoisotopic (exact) mass is 466 g/mol. The number of ether oxygens (including phenoxy) is 1. The fourth-order valence-corrected chi connectivity index (χ4v) is 3.09. The van der Waals surface area contributed by atoms with Crippen molar-refractivity contribution < 1.29 is 26.3 Å². The highest BCUT2D eigenvalue weighted by Crippen LogP contribution is 2.32. The number of hydrogen-bond acceptors (Lipinski definition) is 6. The van der Waals surface area contributed by atoms with Gasteiger partial charge in [-0.3, -0.25) is 13.5 Å². The molecule has 0 saturated carbocycles. The van der Waals surface area contributed by atoms with E-state index in [4.69, 9.17) is 13.1 Å². The van der Waals surface area contributed by atoms with Crippen LogP contribution >= 0.6 is 12.3 Å². The van der Waals surface area contributed by atoms with Crippen LogP contribution < -0.4 is 14.5 Å². The summed E-state index contributed by atoms with van der Waals surface area (Å²) in [6.45, 7) is 2.06. The molecule has 0 aliphatic rings. The summed E-state index contributed by atoms with van der Waals surface area (Å²) in [6, 6.07) is 11.9. The van der Waals surface area contributed by atoms with Crippen molar-refractivity contribution in [2.24, 2.45) is 7.05 Å². The maximum absolute atomic E-state index is 13.3. The van der Waals surface area contributed by atoms with Gasteiger partial charge >= 0.3 is 0 Å². The number of hydrogen-bond donors (Lipinski definition) is 0. The lowest BCUT2D eigenvalue weighted by Gasteiger charge is -2.16. The lowest BCUT2D eigenvalue weighted by molar-refractivity contribution is -0.0252. The Morgan fingerprint density at radius 3 is 2.47 bits per heavy atom. The van der Waals surface area contributed by atoms with Crippen LogP contribution in [0.15, 0.2) is 53.3 Å². The van der Waals surface area contributed by atoms with E-state index in [1.807, 2.05) is 0 Å².